The van der Waals surface area contributed by atoms with Gasteiger partial charge in [-0.15, -0.1) is 0 Å². The molecule has 0 aliphatic carbocycles. The number of hydrogen-bond donors (Lipinski definition) is 1. The number of carboxylic acids is 1. The third-order valence-corrected chi connectivity index (χ3v) is 1.79. The zero-order valence-corrected chi connectivity index (χ0v) is 9.29. The van der Waals surface area contributed by atoms with E-state index in [1.165, 1.54) is 7.11 Å². The van der Waals surface area contributed by atoms with Crippen molar-refractivity contribution < 1.29 is 32.6 Å². The average molecular weight is 257 g/mol. The number of carbonyl (C=O) groups excluding carboxylic acids is 1. The Kier molecular flexibility index (Phi) is 6.55. The summed E-state index contributed by atoms with van der Waals surface area (Å²) in [5, 5.41) is 8.42. The van der Waals surface area contributed by atoms with E-state index in [9.17, 15) is 22.8 Å². The quantitative estimate of drug-likeness (QED) is 0.688. The van der Waals surface area contributed by atoms with Gasteiger partial charge in [0, 0.05) is 20.1 Å². The van der Waals surface area contributed by atoms with Crippen LogP contribution in [0.25, 0.3) is 0 Å². The standard InChI is InChI=1S/C9H14F3NO4/c1-17-4-2-3-7(14)13(5-8(15)16)6-9(10,11)12/h2-6H2,1H3,(H,15,16). The maximum Gasteiger partial charge on any atom is 0.406 e. The number of carboxylic acid groups (broad SMARTS) is 1. The lowest BCUT2D eigenvalue weighted by Crippen LogP contribution is -2.42. The van der Waals surface area contributed by atoms with Crippen LogP contribution in [-0.4, -0.2) is 54.9 Å². The van der Waals surface area contributed by atoms with Crippen LogP contribution in [0.15, 0.2) is 0 Å². The lowest BCUT2D eigenvalue weighted by atomic mass is 10.3. The Morgan fingerprint density at radius 3 is 2.35 bits per heavy atom. The number of nitrogens with zero attached hydrogens (tertiary/aromatic N) is 1. The van der Waals surface area contributed by atoms with Crippen molar-refractivity contribution in [3.63, 3.8) is 0 Å². The summed E-state index contributed by atoms with van der Waals surface area (Å²) in [6.07, 6.45) is -4.52. The molecule has 17 heavy (non-hydrogen) atoms. The first-order valence-corrected chi connectivity index (χ1v) is 4.81. The third-order valence-electron chi connectivity index (χ3n) is 1.79. The van der Waals surface area contributed by atoms with Gasteiger partial charge in [-0.3, -0.25) is 9.59 Å². The fourth-order valence-electron chi connectivity index (χ4n) is 1.14. The maximum absolute atomic E-state index is 12.1. The SMILES string of the molecule is COCCCC(=O)N(CC(=O)O)CC(F)(F)F. The molecule has 0 saturated carbocycles. The van der Waals surface area contributed by atoms with Crippen molar-refractivity contribution in [2.24, 2.45) is 0 Å². The van der Waals surface area contributed by atoms with E-state index in [0.717, 1.165) is 0 Å². The molecule has 0 aliphatic rings. The maximum atomic E-state index is 12.1. The zero-order valence-electron chi connectivity index (χ0n) is 9.29. The van der Waals surface area contributed by atoms with Crippen molar-refractivity contribution in [3.8, 4) is 0 Å². The van der Waals surface area contributed by atoms with Crippen molar-refractivity contribution in [2.75, 3.05) is 26.8 Å². The summed E-state index contributed by atoms with van der Waals surface area (Å²) in [4.78, 5) is 22.0. The molecule has 5 nitrogen and oxygen atoms in total. The van der Waals surface area contributed by atoms with Crippen molar-refractivity contribution >= 4 is 11.9 Å². The number of hydrogen-bond acceptors (Lipinski definition) is 3. The highest BCUT2D eigenvalue weighted by molar-refractivity contribution is 5.81. The van der Waals surface area contributed by atoms with Crippen LogP contribution in [0.5, 0.6) is 0 Å². The van der Waals surface area contributed by atoms with Gasteiger partial charge in [-0.1, -0.05) is 0 Å². The molecule has 0 rings (SSSR count). The highest BCUT2D eigenvalue weighted by atomic mass is 19.4. The number of amides is 1. The molecule has 0 bridgehead atoms. The van der Waals surface area contributed by atoms with Crippen LogP contribution in [0.2, 0.25) is 0 Å². The molecule has 0 aromatic heterocycles. The minimum Gasteiger partial charge on any atom is -0.480 e. The first-order valence-electron chi connectivity index (χ1n) is 4.81. The zero-order chi connectivity index (χ0) is 13.5. The van der Waals surface area contributed by atoms with Gasteiger partial charge in [0.25, 0.3) is 0 Å². The van der Waals surface area contributed by atoms with Crippen LogP contribution in [0.3, 0.4) is 0 Å². The largest absolute Gasteiger partial charge is 0.480 e. The van der Waals surface area contributed by atoms with E-state index in [1.807, 2.05) is 0 Å². The Hall–Kier alpha value is -1.31. The molecule has 0 saturated heterocycles. The van der Waals surface area contributed by atoms with Crippen LogP contribution in [-0.2, 0) is 14.3 Å². The summed E-state index contributed by atoms with van der Waals surface area (Å²) >= 11 is 0. The van der Waals surface area contributed by atoms with Gasteiger partial charge in [-0.05, 0) is 6.42 Å². The first kappa shape index (κ1) is 15.7. The molecule has 1 amide bonds. The number of methoxy groups -OCH3 is 1. The number of halogens is 3. The van der Waals surface area contributed by atoms with Crippen molar-refractivity contribution in [1.82, 2.24) is 4.90 Å². The number of alkyl halides is 3. The van der Waals surface area contributed by atoms with E-state index in [0.29, 0.717) is 0 Å². The second-order valence-electron chi connectivity index (χ2n) is 3.36. The van der Waals surface area contributed by atoms with Gasteiger partial charge in [0.15, 0.2) is 0 Å². The molecule has 8 heteroatoms. The van der Waals surface area contributed by atoms with Gasteiger partial charge in [-0.2, -0.15) is 13.2 Å². The first-order chi connectivity index (χ1) is 7.76. The molecule has 1 N–H and O–H groups in total. The van der Waals surface area contributed by atoms with E-state index in [2.05, 4.69) is 4.74 Å². The number of ether oxygens (including phenoxy) is 1. The Labute approximate surface area is 96.1 Å². The highest BCUT2D eigenvalue weighted by Gasteiger charge is 2.33. The molecule has 100 valence electrons. The predicted molar refractivity (Wildman–Crippen MR) is 51.4 cm³/mol. The van der Waals surface area contributed by atoms with Crippen LogP contribution in [0.1, 0.15) is 12.8 Å². The van der Waals surface area contributed by atoms with Crippen LogP contribution >= 0.6 is 0 Å². The average Bonchev–Trinajstić information content (AvgIpc) is 2.14. The van der Waals surface area contributed by atoms with Gasteiger partial charge in [0.1, 0.15) is 13.1 Å². The summed E-state index contributed by atoms with van der Waals surface area (Å²) in [5.74, 6) is -2.32. The van der Waals surface area contributed by atoms with E-state index in [4.69, 9.17) is 5.11 Å². The Balaban J connectivity index is 4.35. The van der Waals surface area contributed by atoms with Crippen molar-refractivity contribution in [2.45, 2.75) is 19.0 Å². The summed E-state index contributed by atoms with van der Waals surface area (Å²) in [6, 6.07) is 0. The topological polar surface area (TPSA) is 66.8 Å². The number of rotatable bonds is 7. The number of carbonyl (C=O) groups is 2. The second kappa shape index (κ2) is 7.10. The van der Waals surface area contributed by atoms with E-state index in [1.54, 1.807) is 0 Å². The summed E-state index contributed by atoms with van der Waals surface area (Å²) < 4.78 is 40.9. The Morgan fingerprint density at radius 1 is 1.35 bits per heavy atom. The predicted octanol–water partition coefficient (Wildman–Crippen LogP) is 0.888. The van der Waals surface area contributed by atoms with E-state index in [-0.39, 0.29) is 24.3 Å². The molecular formula is C9H14F3NO4. The van der Waals surface area contributed by atoms with Crippen LogP contribution in [0, 0.1) is 0 Å². The van der Waals surface area contributed by atoms with Gasteiger partial charge in [0.2, 0.25) is 5.91 Å². The molecule has 0 radical (unpaired) electrons. The van der Waals surface area contributed by atoms with Gasteiger partial charge < -0.3 is 14.7 Å². The molecule has 0 aromatic rings. The minimum absolute atomic E-state index is 0.169. The molecule has 0 aliphatic heterocycles. The van der Waals surface area contributed by atoms with Crippen molar-refractivity contribution in [3.05, 3.63) is 0 Å². The number of aliphatic carboxylic acids is 1. The van der Waals surface area contributed by atoms with Gasteiger partial charge in [-0.25, -0.2) is 0 Å². The van der Waals surface area contributed by atoms with E-state index >= 15 is 0 Å². The summed E-state index contributed by atoms with van der Waals surface area (Å²) in [6.45, 7) is -2.27. The van der Waals surface area contributed by atoms with Crippen LogP contribution in [0.4, 0.5) is 13.2 Å². The fraction of sp³-hybridized carbons (Fsp3) is 0.778. The summed E-state index contributed by atoms with van der Waals surface area (Å²) in [7, 11) is 1.40. The monoisotopic (exact) mass is 257 g/mol. The summed E-state index contributed by atoms with van der Waals surface area (Å²) in [5.41, 5.74) is 0. The minimum atomic E-state index is -4.60. The second-order valence-corrected chi connectivity index (χ2v) is 3.36. The Bertz CT molecular complexity index is 267. The van der Waals surface area contributed by atoms with Gasteiger partial charge >= 0.3 is 12.1 Å². The van der Waals surface area contributed by atoms with Crippen LogP contribution < -0.4 is 0 Å². The molecule has 0 unspecified atom stereocenters. The van der Waals surface area contributed by atoms with Gasteiger partial charge in [0.05, 0.1) is 0 Å². The lowest BCUT2D eigenvalue weighted by Gasteiger charge is -2.22. The lowest BCUT2D eigenvalue weighted by molar-refractivity contribution is -0.165. The third kappa shape index (κ3) is 8.49. The molecule has 0 atom stereocenters. The Morgan fingerprint density at radius 2 is 1.94 bits per heavy atom. The van der Waals surface area contributed by atoms with E-state index < -0.39 is 31.1 Å². The molecule has 0 spiro atoms. The molecule has 0 heterocycles. The normalized spacial score (nSPS) is 11.3. The smallest absolute Gasteiger partial charge is 0.406 e. The molecule has 0 aromatic carbocycles. The fourth-order valence-corrected chi connectivity index (χ4v) is 1.14. The molecular weight excluding hydrogens is 243 g/mol. The molecule has 0 fully saturated rings. The highest BCUT2D eigenvalue weighted by Crippen LogP contribution is 2.17. The van der Waals surface area contributed by atoms with Crippen molar-refractivity contribution in [1.29, 1.82) is 0 Å².